The number of nitrogens with zero attached hydrogens (tertiary/aromatic N) is 2. The molecular weight excluding hydrogens is 556 g/mol. The minimum atomic E-state index is -0.773. The Morgan fingerprint density at radius 3 is 1.93 bits per heavy atom. The van der Waals surface area contributed by atoms with Gasteiger partial charge in [0.15, 0.2) is 0 Å². The van der Waals surface area contributed by atoms with E-state index in [1.54, 1.807) is 0 Å². The van der Waals surface area contributed by atoms with Gasteiger partial charge in [0, 0.05) is 41.4 Å². The predicted octanol–water partition coefficient (Wildman–Crippen LogP) is 5.45. The molecule has 2 amide bonds. The Morgan fingerprint density at radius 2 is 1.43 bits per heavy atom. The number of hydrogen-bond donors (Lipinski definition) is 2. The fourth-order valence-corrected chi connectivity index (χ4v) is 5.94. The smallest absolute Gasteiger partial charge is 0.283 e. The molecule has 4 rings (SSSR count). The minimum absolute atomic E-state index is 0.0256. The first kappa shape index (κ1) is 29.1. The lowest BCUT2D eigenvalue weighted by Gasteiger charge is -2.11. The summed E-state index contributed by atoms with van der Waals surface area (Å²) in [5.41, 5.74) is 6.03. The summed E-state index contributed by atoms with van der Waals surface area (Å²) < 4.78 is 5.56. The number of carbonyl (C=O) groups is 2. The lowest BCUT2D eigenvalue weighted by molar-refractivity contribution is -0.387. The molecule has 0 aliphatic carbocycles. The Labute approximate surface area is 238 Å². The summed E-state index contributed by atoms with van der Waals surface area (Å²) in [5, 5.41) is 23.3. The van der Waals surface area contributed by atoms with Crippen molar-refractivity contribution in [2.75, 3.05) is 12.4 Å². The molecule has 0 aromatic heterocycles. The molecule has 1 atom stereocenters. The van der Waals surface area contributed by atoms with Crippen molar-refractivity contribution in [3.63, 3.8) is 0 Å². The lowest BCUT2D eigenvalue weighted by atomic mass is 10.2. The second-order valence-electron chi connectivity index (χ2n) is 9.01. The van der Waals surface area contributed by atoms with Gasteiger partial charge in [0.25, 0.3) is 23.2 Å². The Morgan fingerprint density at radius 1 is 0.875 bits per heavy atom. The molecule has 2 N–H and O–H groups in total. The van der Waals surface area contributed by atoms with E-state index >= 15 is 0 Å². The van der Waals surface area contributed by atoms with Crippen LogP contribution in [0.25, 0.3) is 0 Å². The average molecular weight is 583 g/mol. The summed E-state index contributed by atoms with van der Waals surface area (Å²) in [6.45, 7) is 2.66. The molecule has 1 fully saturated rings. The maximum Gasteiger partial charge on any atom is 0.283 e. The largest absolute Gasteiger partial charge is 0.377 e. The Kier molecular flexibility index (Phi) is 9.74. The molecule has 208 valence electrons. The van der Waals surface area contributed by atoms with Gasteiger partial charge in [0.05, 0.1) is 25.7 Å². The summed E-state index contributed by atoms with van der Waals surface area (Å²) >= 11 is 2.57. The highest BCUT2D eigenvalue weighted by Crippen LogP contribution is 2.33. The molecule has 3 aromatic rings. The van der Waals surface area contributed by atoms with E-state index in [1.165, 1.54) is 47.8 Å². The van der Waals surface area contributed by atoms with Gasteiger partial charge in [-0.1, -0.05) is 29.8 Å². The number of amides is 2. The van der Waals surface area contributed by atoms with Crippen LogP contribution >= 0.6 is 23.5 Å². The van der Waals surface area contributed by atoms with E-state index in [4.69, 9.17) is 4.74 Å². The van der Waals surface area contributed by atoms with Crippen LogP contribution in [-0.2, 0) is 10.5 Å². The minimum Gasteiger partial charge on any atom is -0.377 e. The molecular formula is C27H26N4O7S2. The van der Waals surface area contributed by atoms with Crippen molar-refractivity contribution >= 4 is 46.7 Å². The Balaban J connectivity index is 1.38. The molecule has 13 heteroatoms. The van der Waals surface area contributed by atoms with Gasteiger partial charge >= 0.3 is 0 Å². The van der Waals surface area contributed by atoms with Crippen molar-refractivity contribution in [1.29, 1.82) is 0 Å². The Hall–Kier alpha value is -3.94. The third-order valence-corrected chi connectivity index (χ3v) is 8.42. The van der Waals surface area contributed by atoms with Crippen molar-refractivity contribution in [3.8, 4) is 0 Å². The number of nitro groups is 2. The number of hydrazine groups is 1. The molecule has 1 unspecified atom stereocenters. The van der Waals surface area contributed by atoms with E-state index < -0.39 is 21.7 Å². The summed E-state index contributed by atoms with van der Waals surface area (Å²) in [6, 6.07) is 15.9. The van der Waals surface area contributed by atoms with Crippen LogP contribution in [0.3, 0.4) is 0 Å². The Bertz CT molecular complexity index is 1430. The van der Waals surface area contributed by atoms with E-state index in [2.05, 4.69) is 10.9 Å². The molecule has 0 bridgehead atoms. The summed E-state index contributed by atoms with van der Waals surface area (Å²) in [7, 11) is 0. The van der Waals surface area contributed by atoms with Crippen LogP contribution < -0.4 is 10.9 Å². The quantitative estimate of drug-likeness (QED) is 0.180. The number of carbonyl (C=O) groups excluding carboxylic acids is 2. The molecule has 0 radical (unpaired) electrons. The molecule has 0 spiro atoms. The predicted molar refractivity (Wildman–Crippen MR) is 152 cm³/mol. The number of aryl methyl sites for hydroxylation is 1. The highest BCUT2D eigenvalue weighted by atomic mass is 32.2. The van der Waals surface area contributed by atoms with Crippen LogP contribution in [0.1, 0.15) is 44.7 Å². The number of hydrogen-bond acceptors (Lipinski definition) is 9. The standard InChI is InChI=1S/C27H26N4O7S2/c1-17-4-6-18(7-5-17)15-39-24-10-8-19(13-22(24)30(34)35)26(32)28-29-27(33)20-9-11-25(23(14-20)31(36)37)40-16-21-3-2-12-38-21/h4-11,13-14,21H,2-3,12,15-16H2,1H3,(H,28,32)(H,29,33). The van der Waals surface area contributed by atoms with E-state index in [0.29, 0.717) is 27.9 Å². The fourth-order valence-electron chi connectivity index (χ4n) is 3.91. The summed E-state index contributed by atoms with van der Waals surface area (Å²) in [5.74, 6) is -0.463. The van der Waals surface area contributed by atoms with Crippen LogP contribution in [-0.4, -0.2) is 40.1 Å². The van der Waals surface area contributed by atoms with Gasteiger partial charge < -0.3 is 4.74 Å². The van der Waals surface area contributed by atoms with Gasteiger partial charge in [0.2, 0.25) is 0 Å². The zero-order chi connectivity index (χ0) is 28.6. The molecule has 1 saturated heterocycles. The molecule has 1 aliphatic heterocycles. The first-order valence-electron chi connectivity index (χ1n) is 12.3. The number of nitrogens with one attached hydrogen (secondary N) is 2. The number of ether oxygens (including phenoxy) is 1. The van der Waals surface area contributed by atoms with Gasteiger partial charge in [-0.3, -0.25) is 40.7 Å². The van der Waals surface area contributed by atoms with Crippen LogP contribution in [0, 0.1) is 27.2 Å². The van der Waals surface area contributed by atoms with Gasteiger partial charge in [0.1, 0.15) is 0 Å². The van der Waals surface area contributed by atoms with Crippen LogP contribution in [0.2, 0.25) is 0 Å². The number of nitro benzene ring substituents is 2. The van der Waals surface area contributed by atoms with E-state index in [0.717, 1.165) is 36.1 Å². The summed E-state index contributed by atoms with van der Waals surface area (Å²) in [6.07, 6.45) is 1.90. The molecule has 3 aromatic carbocycles. The van der Waals surface area contributed by atoms with Crippen LogP contribution in [0.15, 0.2) is 70.5 Å². The van der Waals surface area contributed by atoms with E-state index in [1.807, 2.05) is 31.2 Å². The third kappa shape index (κ3) is 7.58. The maximum absolute atomic E-state index is 12.6. The van der Waals surface area contributed by atoms with Gasteiger partial charge in [-0.2, -0.15) is 0 Å². The average Bonchev–Trinajstić information content (AvgIpc) is 3.48. The number of benzene rings is 3. The van der Waals surface area contributed by atoms with E-state index in [9.17, 15) is 29.8 Å². The highest BCUT2D eigenvalue weighted by Gasteiger charge is 2.22. The second-order valence-corrected chi connectivity index (χ2v) is 11.1. The van der Waals surface area contributed by atoms with Crippen LogP contribution in [0.5, 0.6) is 0 Å². The molecule has 1 heterocycles. The number of thioether (sulfide) groups is 2. The zero-order valence-electron chi connectivity index (χ0n) is 21.5. The first-order valence-corrected chi connectivity index (χ1v) is 14.3. The van der Waals surface area contributed by atoms with Gasteiger partial charge in [-0.15, -0.1) is 23.5 Å². The topological polar surface area (TPSA) is 154 Å². The molecule has 11 nitrogen and oxygen atoms in total. The van der Waals surface area contributed by atoms with Gasteiger partial charge in [-0.25, -0.2) is 0 Å². The zero-order valence-corrected chi connectivity index (χ0v) is 23.1. The van der Waals surface area contributed by atoms with Crippen LogP contribution in [0.4, 0.5) is 11.4 Å². The van der Waals surface area contributed by atoms with Gasteiger partial charge in [-0.05, 0) is 49.6 Å². The van der Waals surface area contributed by atoms with Crippen molar-refractivity contribution in [2.45, 2.75) is 41.4 Å². The third-order valence-electron chi connectivity index (χ3n) is 6.09. The van der Waals surface area contributed by atoms with Crippen molar-refractivity contribution in [3.05, 3.63) is 103 Å². The summed E-state index contributed by atoms with van der Waals surface area (Å²) in [4.78, 5) is 48.2. The van der Waals surface area contributed by atoms with Crippen molar-refractivity contribution in [1.82, 2.24) is 10.9 Å². The monoisotopic (exact) mass is 582 g/mol. The normalized spacial score (nSPS) is 14.5. The second kappa shape index (κ2) is 13.4. The SMILES string of the molecule is Cc1ccc(CSc2ccc(C(=O)NNC(=O)c3ccc(SCC4CCCO4)c([N+](=O)[O-])c3)cc2[N+](=O)[O-])cc1. The van der Waals surface area contributed by atoms with Crippen molar-refractivity contribution in [2.24, 2.45) is 0 Å². The highest BCUT2D eigenvalue weighted by molar-refractivity contribution is 7.99. The van der Waals surface area contributed by atoms with E-state index in [-0.39, 0.29) is 28.6 Å². The molecule has 1 aliphatic rings. The number of rotatable bonds is 10. The maximum atomic E-state index is 12.6. The lowest BCUT2D eigenvalue weighted by Crippen LogP contribution is -2.41. The first-order chi connectivity index (χ1) is 19.2. The molecule has 0 saturated carbocycles. The fraction of sp³-hybridized carbons (Fsp3) is 0.259. The van der Waals surface area contributed by atoms with Crippen molar-refractivity contribution < 1.29 is 24.2 Å². The molecule has 40 heavy (non-hydrogen) atoms.